The maximum Gasteiger partial charge on any atom is 0.243 e. The molecule has 4 rings (SSSR count). The Balaban J connectivity index is 1.72. The number of nitrogens with two attached hydrogens (primary N) is 1. The molecule has 8 heteroatoms. The lowest BCUT2D eigenvalue weighted by atomic mass is 9.65. The third-order valence-corrected chi connectivity index (χ3v) is 10.5. The van der Waals surface area contributed by atoms with Gasteiger partial charge >= 0.3 is 0 Å². The van der Waals surface area contributed by atoms with Crippen LogP contribution in [0.2, 0.25) is 0 Å². The number of primary amides is 1. The summed E-state index contributed by atoms with van der Waals surface area (Å²) in [7, 11) is 0. The lowest BCUT2D eigenvalue weighted by molar-refractivity contribution is -0.132. The summed E-state index contributed by atoms with van der Waals surface area (Å²) in [5, 5.41) is 18.9. The molecule has 5 N–H and O–H groups in total. The van der Waals surface area contributed by atoms with Crippen LogP contribution in [0, 0.1) is 17.8 Å². The van der Waals surface area contributed by atoms with Gasteiger partial charge < -0.3 is 21.5 Å². The minimum atomic E-state index is -0.907. The molecular formula is C46H57N3O4S. The number of hydrogen-bond donors (Lipinski definition) is 4. The highest BCUT2D eigenvalue weighted by Crippen LogP contribution is 2.44. The van der Waals surface area contributed by atoms with Crippen LogP contribution in [0.3, 0.4) is 0 Å². The van der Waals surface area contributed by atoms with Gasteiger partial charge in [-0.2, -0.15) is 0 Å². The van der Waals surface area contributed by atoms with Crippen molar-refractivity contribution in [3.05, 3.63) is 144 Å². The molecule has 0 spiro atoms. The van der Waals surface area contributed by atoms with Crippen molar-refractivity contribution in [1.82, 2.24) is 10.6 Å². The molecule has 4 aromatic carbocycles. The van der Waals surface area contributed by atoms with E-state index in [1.807, 2.05) is 100 Å². The lowest BCUT2D eigenvalue weighted by Gasteiger charge is -2.40. The van der Waals surface area contributed by atoms with Gasteiger partial charge in [-0.15, -0.1) is 0 Å². The molecule has 4 atom stereocenters. The molecule has 286 valence electrons. The molecule has 54 heavy (non-hydrogen) atoms. The fourth-order valence-corrected chi connectivity index (χ4v) is 7.85. The van der Waals surface area contributed by atoms with Crippen molar-refractivity contribution in [2.24, 2.45) is 23.5 Å². The van der Waals surface area contributed by atoms with Crippen molar-refractivity contribution >= 4 is 34.8 Å². The minimum Gasteiger partial charge on any atom is -0.392 e. The molecule has 0 aromatic heterocycles. The number of hydrogen-bond acceptors (Lipinski definition) is 5. The van der Waals surface area contributed by atoms with E-state index >= 15 is 0 Å². The summed E-state index contributed by atoms with van der Waals surface area (Å²) in [5.74, 6) is -1.81. The molecule has 0 radical (unpaired) electrons. The van der Waals surface area contributed by atoms with Gasteiger partial charge in [0.05, 0.1) is 23.6 Å². The number of rotatable bonds is 21. The number of Topliss-reactive ketones (excluding diaryl/α,β-unsaturated/α-hetero) is 1. The molecule has 0 aliphatic carbocycles. The van der Waals surface area contributed by atoms with Crippen LogP contribution in [0.15, 0.2) is 121 Å². The molecule has 0 aliphatic heterocycles. The Morgan fingerprint density at radius 1 is 0.685 bits per heavy atom. The van der Waals surface area contributed by atoms with Crippen LogP contribution in [0.1, 0.15) is 88.5 Å². The maximum atomic E-state index is 14.0. The highest BCUT2D eigenvalue weighted by molar-refractivity contribution is 7.80. The number of thiocarbonyl (C=S) groups is 1. The normalized spacial score (nSPS) is 13.8. The Hall–Kier alpha value is -4.66. The minimum absolute atomic E-state index is 0.0907. The second kappa shape index (κ2) is 20.7. The maximum absolute atomic E-state index is 14.0. The van der Waals surface area contributed by atoms with Gasteiger partial charge in [-0.25, -0.2) is 0 Å². The molecule has 0 aliphatic rings. The zero-order chi connectivity index (χ0) is 39.1. The molecule has 0 saturated heterocycles. The SMILES string of the molecule is CC(C)C[C@H](NC(=O)[C@H](CC(C)C)NC(=S)C(CCCc1ccccc1)C(O)CC(c1ccccc1)(c1ccccc1)c1ccccc1)C(=O)CC(N)=O. The molecule has 0 heterocycles. The smallest absolute Gasteiger partial charge is 0.243 e. The highest BCUT2D eigenvalue weighted by atomic mass is 32.1. The van der Waals surface area contributed by atoms with Gasteiger partial charge in [0.2, 0.25) is 11.8 Å². The average Bonchev–Trinajstić information content (AvgIpc) is 3.15. The fourth-order valence-electron chi connectivity index (χ4n) is 7.44. The first-order valence-electron chi connectivity index (χ1n) is 19.2. The highest BCUT2D eigenvalue weighted by Gasteiger charge is 2.41. The van der Waals surface area contributed by atoms with Crippen LogP contribution in [-0.2, 0) is 26.2 Å². The van der Waals surface area contributed by atoms with Gasteiger partial charge in [-0.3, -0.25) is 14.4 Å². The first-order valence-corrected chi connectivity index (χ1v) is 19.6. The second-order valence-corrected chi connectivity index (χ2v) is 15.7. The average molecular weight is 748 g/mol. The van der Waals surface area contributed by atoms with E-state index in [9.17, 15) is 19.5 Å². The third kappa shape index (κ3) is 11.9. The number of aryl methyl sites for hydroxylation is 1. The second-order valence-electron chi connectivity index (χ2n) is 15.3. The van der Waals surface area contributed by atoms with Crippen LogP contribution >= 0.6 is 12.2 Å². The molecule has 7 nitrogen and oxygen atoms in total. The standard InChI is InChI=1S/C46H57N3O4S/c1-32(2)28-39(41(50)30-43(47)52)48-44(53)40(29-33(3)4)49-45(54)38(27-17-20-34-18-9-5-10-19-34)42(51)31-46(35-21-11-6-12-22-35,36-23-13-7-14-24-36)37-25-15-8-16-26-37/h5-16,18-19,21-26,32-33,38-40,42,51H,17,20,27-31H2,1-4H3,(H2,47,52)(H,48,53)(H,49,54)/t38?,39-,40-,42?/m0/s1. The largest absolute Gasteiger partial charge is 0.392 e. The summed E-state index contributed by atoms with van der Waals surface area (Å²) >= 11 is 6.18. The van der Waals surface area contributed by atoms with Crippen molar-refractivity contribution < 1.29 is 19.5 Å². The van der Waals surface area contributed by atoms with Gasteiger partial charge in [-0.05, 0) is 72.6 Å². The van der Waals surface area contributed by atoms with Gasteiger partial charge in [0.15, 0.2) is 5.78 Å². The summed E-state index contributed by atoms with van der Waals surface area (Å²) in [4.78, 5) is 39.1. The summed E-state index contributed by atoms with van der Waals surface area (Å²) in [6.07, 6.45) is 1.96. The number of aliphatic hydroxyl groups is 1. The van der Waals surface area contributed by atoms with Crippen LogP contribution in [0.4, 0.5) is 0 Å². The van der Waals surface area contributed by atoms with E-state index in [0.29, 0.717) is 30.7 Å². The third-order valence-electron chi connectivity index (χ3n) is 10.0. The predicted molar refractivity (Wildman–Crippen MR) is 222 cm³/mol. The number of carbonyl (C=O) groups is 3. The van der Waals surface area contributed by atoms with E-state index in [-0.39, 0.29) is 17.7 Å². The van der Waals surface area contributed by atoms with Gasteiger partial charge in [0, 0.05) is 11.3 Å². The van der Waals surface area contributed by atoms with E-state index < -0.39 is 47.6 Å². The number of carbonyl (C=O) groups excluding carboxylic acids is 3. The number of ketones is 1. The van der Waals surface area contributed by atoms with E-state index in [0.717, 1.165) is 29.5 Å². The molecule has 0 bridgehead atoms. The lowest BCUT2D eigenvalue weighted by Crippen LogP contribution is -2.54. The van der Waals surface area contributed by atoms with Crippen molar-refractivity contribution in [3.63, 3.8) is 0 Å². The first-order chi connectivity index (χ1) is 25.9. The van der Waals surface area contributed by atoms with Gasteiger partial charge in [-0.1, -0.05) is 161 Å². The van der Waals surface area contributed by atoms with Crippen LogP contribution in [0.5, 0.6) is 0 Å². The van der Waals surface area contributed by atoms with Gasteiger partial charge in [0.1, 0.15) is 6.04 Å². The number of nitrogens with one attached hydrogen (secondary N) is 2. The Morgan fingerprint density at radius 2 is 1.13 bits per heavy atom. The predicted octanol–water partition coefficient (Wildman–Crippen LogP) is 7.72. The van der Waals surface area contributed by atoms with Crippen molar-refractivity contribution in [1.29, 1.82) is 0 Å². The molecule has 2 amide bonds. The summed E-state index contributed by atoms with van der Waals surface area (Å²) in [6.45, 7) is 7.96. The summed E-state index contributed by atoms with van der Waals surface area (Å²) in [5.41, 5.74) is 9.00. The number of benzene rings is 4. The first kappa shape index (κ1) is 42.1. The van der Waals surface area contributed by atoms with Crippen LogP contribution in [0.25, 0.3) is 0 Å². The Labute approximate surface area is 327 Å². The van der Waals surface area contributed by atoms with Gasteiger partial charge in [0.25, 0.3) is 0 Å². The van der Waals surface area contributed by atoms with E-state index in [1.165, 1.54) is 5.56 Å². The molecule has 2 unspecified atom stereocenters. The molecular weight excluding hydrogens is 691 g/mol. The van der Waals surface area contributed by atoms with Crippen LogP contribution in [-0.4, -0.2) is 45.9 Å². The zero-order valence-electron chi connectivity index (χ0n) is 32.1. The molecule has 4 aromatic rings. The monoisotopic (exact) mass is 747 g/mol. The number of aliphatic hydroxyl groups excluding tert-OH is 1. The Morgan fingerprint density at radius 3 is 1.57 bits per heavy atom. The van der Waals surface area contributed by atoms with Crippen LogP contribution < -0.4 is 16.4 Å². The summed E-state index contributed by atoms with van der Waals surface area (Å²) < 4.78 is 0. The van der Waals surface area contributed by atoms with E-state index in [1.54, 1.807) is 0 Å². The topological polar surface area (TPSA) is 122 Å². The number of amides is 2. The zero-order valence-corrected chi connectivity index (χ0v) is 32.9. The van der Waals surface area contributed by atoms with Crippen molar-refractivity contribution in [3.8, 4) is 0 Å². The van der Waals surface area contributed by atoms with Crippen molar-refractivity contribution in [2.75, 3.05) is 0 Å². The summed E-state index contributed by atoms with van der Waals surface area (Å²) in [6, 6.07) is 39.5. The van der Waals surface area contributed by atoms with E-state index in [4.69, 9.17) is 18.0 Å². The van der Waals surface area contributed by atoms with Crippen molar-refractivity contribution in [2.45, 2.75) is 96.2 Å². The van der Waals surface area contributed by atoms with E-state index in [2.05, 4.69) is 59.2 Å². The molecule has 0 saturated carbocycles. The Kier molecular flexibility index (Phi) is 16.1. The quantitative estimate of drug-likeness (QED) is 0.0394. The fraction of sp³-hybridized carbons (Fsp3) is 0.391. The Bertz CT molecular complexity index is 1670. The molecule has 0 fully saturated rings.